The van der Waals surface area contributed by atoms with Crippen LogP contribution in [0.25, 0.3) is 33.3 Å². The lowest BCUT2D eigenvalue weighted by Crippen LogP contribution is -2.28. The largest absolute Gasteiger partial charge is 0.316 e. The van der Waals surface area contributed by atoms with Gasteiger partial charge in [0.2, 0.25) is 0 Å². The van der Waals surface area contributed by atoms with Crippen LogP contribution < -0.4 is 11.1 Å². The minimum Gasteiger partial charge on any atom is -0.316 e. The standard InChI is InChI=1S/C20H14N2O2/c23-19-20(24)22-18-12-16(14-9-5-2-6-10-14)15(11-17(18)21-19)13-7-3-1-4-8-13/h1-12H,(H,21,23)(H,22,24). The lowest BCUT2D eigenvalue weighted by atomic mass is 9.94. The van der Waals surface area contributed by atoms with Crippen molar-refractivity contribution in [1.29, 1.82) is 0 Å². The third-order valence-corrected chi connectivity index (χ3v) is 4.03. The normalized spacial score (nSPS) is 10.8. The van der Waals surface area contributed by atoms with Crippen LogP contribution in [0, 0.1) is 0 Å². The molecule has 4 aromatic rings. The molecular weight excluding hydrogens is 300 g/mol. The van der Waals surface area contributed by atoms with E-state index in [2.05, 4.69) is 9.97 Å². The first-order valence-electron chi connectivity index (χ1n) is 7.63. The van der Waals surface area contributed by atoms with Crippen molar-refractivity contribution in [2.24, 2.45) is 0 Å². The molecule has 0 amide bonds. The maximum absolute atomic E-state index is 11.6. The zero-order chi connectivity index (χ0) is 16.5. The molecule has 4 rings (SSSR count). The summed E-state index contributed by atoms with van der Waals surface area (Å²) in [6.45, 7) is 0. The average Bonchev–Trinajstić information content (AvgIpc) is 2.63. The maximum atomic E-state index is 11.6. The monoisotopic (exact) mass is 314 g/mol. The lowest BCUT2D eigenvalue weighted by Gasteiger charge is -2.12. The molecule has 4 heteroatoms. The molecule has 1 aromatic heterocycles. The van der Waals surface area contributed by atoms with Crippen LogP contribution >= 0.6 is 0 Å². The number of aromatic nitrogens is 2. The Hall–Kier alpha value is -3.40. The van der Waals surface area contributed by atoms with Crippen molar-refractivity contribution < 1.29 is 0 Å². The van der Waals surface area contributed by atoms with E-state index in [-0.39, 0.29) is 0 Å². The van der Waals surface area contributed by atoms with Gasteiger partial charge in [-0.3, -0.25) is 9.59 Å². The number of aromatic amines is 2. The molecule has 3 aromatic carbocycles. The van der Waals surface area contributed by atoms with Gasteiger partial charge in [-0.25, -0.2) is 0 Å². The van der Waals surface area contributed by atoms with E-state index in [9.17, 15) is 9.59 Å². The summed E-state index contributed by atoms with van der Waals surface area (Å²) in [5.74, 6) is 0. The molecule has 24 heavy (non-hydrogen) atoms. The van der Waals surface area contributed by atoms with E-state index < -0.39 is 11.1 Å². The SMILES string of the molecule is O=c1[nH]c2cc(-c3ccccc3)c(-c3ccccc3)cc2[nH]c1=O. The molecule has 0 radical (unpaired) electrons. The van der Waals surface area contributed by atoms with Crippen LogP contribution in [0.4, 0.5) is 0 Å². The van der Waals surface area contributed by atoms with Gasteiger partial charge in [0, 0.05) is 0 Å². The second-order valence-corrected chi connectivity index (χ2v) is 5.58. The van der Waals surface area contributed by atoms with Gasteiger partial charge in [0.15, 0.2) is 0 Å². The highest BCUT2D eigenvalue weighted by molar-refractivity contribution is 5.93. The Labute approximate surface area is 137 Å². The van der Waals surface area contributed by atoms with E-state index in [1.54, 1.807) is 0 Å². The number of hydrogen-bond donors (Lipinski definition) is 2. The van der Waals surface area contributed by atoms with Gasteiger partial charge in [-0.05, 0) is 34.4 Å². The quantitative estimate of drug-likeness (QED) is 0.556. The highest BCUT2D eigenvalue weighted by atomic mass is 16.2. The van der Waals surface area contributed by atoms with Gasteiger partial charge in [0.1, 0.15) is 0 Å². The first kappa shape index (κ1) is 14.2. The fraction of sp³-hybridized carbons (Fsp3) is 0. The van der Waals surface area contributed by atoms with Crippen molar-refractivity contribution in [2.45, 2.75) is 0 Å². The van der Waals surface area contributed by atoms with Crippen LogP contribution in [-0.4, -0.2) is 9.97 Å². The van der Waals surface area contributed by atoms with E-state index in [0.29, 0.717) is 11.0 Å². The van der Waals surface area contributed by atoms with Crippen molar-refractivity contribution in [3.63, 3.8) is 0 Å². The smallest absolute Gasteiger partial charge is 0.314 e. The highest BCUT2D eigenvalue weighted by Gasteiger charge is 2.11. The zero-order valence-electron chi connectivity index (χ0n) is 12.7. The minimum atomic E-state index is -0.644. The summed E-state index contributed by atoms with van der Waals surface area (Å²) in [5.41, 5.74) is 4.02. The van der Waals surface area contributed by atoms with Crippen LogP contribution in [0.1, 0.15) is 0 Å². The molecule has 0 fully saturated rings. The van der Waals surface area contributed by atoms with Crippen LogP contribution in [0.3, 0.4) is 0 Å². The maximum Gasteiger partial charge on any atom is 0.314 e. The topological polar surface area (TPSA) is 65.7 Å². The van der Waals surface area contributed by atoms with E-state index in [1.807, 2.05) is 72.8 Å². The molecule has 116 valence electrons. The fourth-order valence-electron chi connectivity index (χ4n) is 2.88. The van der Waals surface area contributed by atoms with E-state index in [4.69, 9.17) is 0 Å². The van der Waals surface area contributed by atoms with Crippen molar-refractivity contribution in [3.05, 3.63) is 93.5 Å². The number of rotatable bonds is 2. The number of nitrogens with one attached hydrogen (secondary N) is 2. The molecule has 0 unspecified atom stereocenters. The number of benzene rings is 3. The Morgan fingerprint density at radius 2 is 0.917 bits per heavy atom. The second-order valence-electron chi connectivity index (χ2n) is 5.58. The predicted octanol–water partition coefficient (Wildman–Crippen LogP) is 3.55. The Bertz CT molecular complexity index is 1040. The molecule has 0 aliphatic heterocycles. The molecule has 1 heterocycles. The van der Waals surface area contributed by atoms with Crippen LogP contribution in [0.2, 0.25) is 0 Å². The fourth-order valence-corrected chi connectivity index (χ4v) is 2.88. The summed E-state index contributed by atoms with van der Waals surface area (Å²) in [6.07, 6.45) is 0. The van der Waals surface area contributed by atoms with Gasteiger partial charge < -0.3 is 9.97 Å². The van der Waals surface area contributed by atoms with Crippen molar-refractivity contribution in [3.8, 4) is 22.3 Å². The first-order chi connectivity index (χ1) is 11.7. The summed E-state index contributed by atoms with van der Waals surface area (Å²) in [4.78, 5) is 28.6. The second kappa shape index (κ2) is 5.66. The van der Waals surface area contributed by atoms with Gasteiger partial charge in [0.25, 0.3) is 0 Å². The van der Waals surface area contributed by atoms with Crippen molar-refractivity contribution >= 4 is 11.0 Å². The third kappa shape index (κ3) is 2.44. The van der Waals surface area contributed by atoms with Crippen LogP contribution in [0.15, 0.2) is 82.4 Å². The Morgan fingerprint density at radius 1 is 0.542 bits per heavy atom. The molecule has 4 nitrogen and oxygen atoms in total. The highest BCUT2D eigenvalue weighted by Crippen LogP contribution is 2.34. The molecular formula is C20H14N2O2. The summed E-state index contributed by atoms with van der Waals surface area (Å²) >= 11 is 0. The number of hydrogen-bond acceptors (Lipinski definition) is 2. The first-order valence-corrected chi connectivity index (χ1v) is 7.63. The Kier molecular flexibility index (Phi) is 3.35. The summed E-state index contributed by atoms with van der Waals surface area (Å²) in [5, 5.41) is 0. The van der Waals surface area contributed by atoms with Crippen LogP contribution in [-0.2, 0) is 0 Å². The van der Waals surface area contributed by atoms with E-state index >= 15 is 0 Å². The Balaban J connectivity index is 2.09. The van der Waals surface area contributed by atoms with Crippen molar-refractivity contribution in [2.75, 3.05) is 0 Å². The third-order valence-electron chi connectivity index (χ3n) is 4.03. The Morgan fingerprint density at radius 3 is 1.29 bits per heavy atom. The number of fused-ring (bicyclic) bond motifs is 1. The molecule has 2 N–H and O–H groups in total. The summed E-state index contributed by atoms with van der Waals surface area (Å²) in [7, 11) is 0. The molecule has 0 saturated carbocycles. The van der Waals surface area contributed by atoms with Gasteiger partial charge in [-0.2, -0.15) is 0 Å². The zero-order valence-corrected chi connectivity index (χ0v) is 12.7. The molecule has 0 atom stereocenters. The summed E-state index contributed by atoms with van der Waals surface area (Å²) in [6, 6.07) is 23.7. The van der Waals surface area contributed by atoms with Crippen LogP contribution in [0.5, 0.6) is 0 Å². The van der Waals surface area contributed by atoms with Gasteiger partial charge >= 0.3 is 11.1 Å². The molecule has 0 saturated heterocycles. The van der Waals surface area contributed by atoms with E-state index in [1.165, 1.54) is 0 Å². The van der Waals surface area contributed by atoms with Gasteiger partial charge in [0.05, 0.1) is 11.0 Å². The summed E-state index contributed by atoms with van der Waals surface area (Å²) < 4.78 is 0. The molecule has 0 aliphatic rings. The molecule has 0 bridgehead atoms. The molecule has 0 aliphatic carbocycles. The van der Waals surface area contributed by atoms with Crippen molar-refractivity contribution in [1.82, 2.24) is 9.97 Å². The molecule has 0 spiro atoms. The minimum absolute atomic E-state index is 0.609. The average molecular weight is 314 g/mol. The predicted molar refractivity (Wildman–Crippen MR) is 96.1 cm³/mol. The van der Waals surface area contributed by atoms with Gasteiger partial charge in [-0.15, -0.1) is 0 Å². The lowest BCUT2D eigenvalue weighted by molar-refractivity contribution is 1.15. The van der Waals surface area contributed by atoms with E-state index in [0.717, 1.165) is 22.3 Å². The van der Waals surface area contributed by atoms with Gasteiger partial charge in [-0.1, -0.05) is 60.7 Å². The number of H-pyrrole nitrogens is 2.